The molecule has 0 N–H and O–H groups in total. The smallest absolute Gasteiger partial charge is 0.271 e. The highest BCUT2D eigenvalue weighted by atomic mass is 32.2. The summed E-state index contributed by atoms with van der Waals surface area (Å²) in [5.74, 6) is -0.681. The van der Waals surface area contributed by atoms with Crippen LogP contribution in [0.1, 0.15) is 12.0 Å². The third-order valence-corrected chi connectivity index (χ3v) is 5.87. The van der Waals surface area contributed by atoms with Gasteiger partial charge in [-0.05, 0) is 30.5 Å². The van der Waals surface area contributed by atoms with Crippen molar-refractivity contribution in [1.29, 1.82) is 0 Å². The summed E-state index contributed by atoms with van der Waals surface area (Å²) in [6.07, 6.45) is 1.08. The molecule has 25 heavy (non-hydrogen) atoms. The lowest BCUT2D eigenvalue weighted by Crippen LogP contribution is -2.36. The normalized spacial score (nSPS) is 14.1. The summed E-state index contributed by atoms with van der Waals surface area (Å²) in [4.78, 5) is 9.95. The van der Waals surface area contributed by atoms with Gasteiger partial charge in [0.25, 0.3) is 15.7 Å². The predicted molar refractivity (Wildman–Crippen MR) is 88.9 cm³/mol. The molecule has 9 heteroatoms. The molecule has 0 saturated heterocycles. The molecule has 0 radical (unpaired) electrons. The molecule has 132 valence electrons. The Morgan fingerprint density at radius 2 is 2.04 bits per heavy atom. The van der Waals surface area contributed by atoms with E-state index >= 15 is 0 Å². The summed E-state index contributed by atoms with van der Waals surface area (Å²) in [6.45, 7) is 0.0854. The maximum atomic E-state index is 14.3. The Kier molecular flexibility index (Phi) is 4.34. The van der Waals surface area contributed by atoms with Crippen molar-refractivity contribution in [2.45, 2.75) is 17.7 Å². The summed E-state index contributed by atoms with van der Waals surface area (Å²) in [5, 5.41) is 11.0. The summed E-state index contributed by atoms with van der Waals surface area (Å²) < 4.78 is 46.6. The van der Waals surface area contributed by atoms with Crippen molar-refractivity contribution in [3.8, 4) is 5.75 Å². The fourth-order valence-corrected chi connectivity index (χ4v) is 4.63. The Morgan fingerprint density at radius 3 is 2.72 bits per heavy atom. The quantitative estimate of drug-likeness (QED) is 0.613. The summed E-state index contributed by atoms with van der Waals surface area (Å²) in [5.41, 5.74) is 0.187. The van der Waals surface area contributed by atoms with E-state index in [1.807, 2.05) is 0 Å². The maximum Gasteiger partial charge on any atom is 0.271 e. The first-order chi connectivity index (χ1) is 11.9. The molecular weight excluding hydrogens is 351 g/mol. The summed E-state index contributed by atoms with van der Waals surface area (Å²) in [7, 11) is -2.96. The number of sulfonamides is 1. The van der Waals surface area contributed by atoms with Gasteiger partial charge >= 0.3 is 0 Å². The van der Waals surface area contributed by atoms with Crippen LogP contribution in [0.2, 0.25) is 0 Å². The minimum absolute atomic E-state index is 0.0118. The molecule has 0 fully saturated rings. The monoisotopic (exact) mass is 366 g/mol. The zero-order chi connectivity index (χ0) is 18.2. The first kappa shape index (κ1) is 17.2. The van der Waals surface area contributed by atoms with Crippen molar-refractivity contribution in [1.82, 2.24) is 0 Å². The van der Waals surface area contributed by atoms with Gasteiger partial charge in [-0.2, -0.15) is 0 Å². The lowest BCUT2D eigenvalue weighted by atomic mass is 10.0. The number of nitro benzene ring substituents is 1. The van der Waals surface area contributed by atoms with Gasteiger partial charge in [-0.25, -0.2) is 12.8 Å². The molecule has 0 amide bonds. The van der Waals surface area contributed by atoms with E-state index in [2.05, 4.69) is 0 Å². The third-order valence-electron chi connectivity index (χ3n) is 4.05. The topological polar surface area (TPSA) is 89.7 Å². The molecule has 7 nitrogen and oxygen atoms in total. The van der Waals surface area contributed by atoms with Crippen molar-refractivity contribution < 1.29 is 22.5 Å². The van der Waals surface area contributed by atoms with Gasteiger partial charge in [0.05, 0.1) is 17.7 Å². The molecule has 2 aromatic carbocycles. The molecule has 0 atom stereocenters. The van der Waals surface area contributed by atoms with E-state index in [0.717, 1.165) is 16.4 Å². The minimum Gasteiger partial charge on any atom is -0.495 e. The number of anilines is 1. The molecule has 1 aliphatic rings. The van der Waals surface area contributed by atoms with E-state index in [0.29, 0.717) is 18.4 Å². The summed E-state index contributed by atoms with van der Waals surface area (Å²) >= 11 is 0. The van der Waals surface area contributed by atoms with Crippen LogP contribution in [0.5, 0.6) is 5.75 Å². The Balaban J connectivity index is 2.19. The zero-order valence-electron chi connectivity index (χ0n) is 13.3. The third kappa shape index (κ3) is 2.91. The number of non-ortho nitro benzene ring substituents is 1. The van der Waals surface area contributed by atoms with Gasteiger partial charge in [0.15, 0.2) is 0 Å². The number of benzene rings is 2. The van der Waals surface area contributed by atoms with E-state index in [1.54, 1.807) is 6.07 Å². The van der Waals surface area contributed by atoms with Crippen LogP contribution in [-0.2, 0) is 16.4 Å². The number of para-hydroxylation sites is 1. The van der Waals surface area contributed by atoms with Gasteiger partial charge in [-0.3, -0.25) is 14.4 Å². The van der Waals surface area contributed by atoms with Crippen LogP contribution in [0.3, 0.4) is 0 Å². The number of halogens is 1. The van der Waals surface area contributed by atoms with Gasteiger partial charge in [-0.15, -0.1) is 0 Å². The van der Waals surface area contributed by atoms with Gasteiger partial charge < -0.3 is 4.74 Å². The van der Waals surface area contributed by atoms with E-state index in [1.165, 1.54) is 25.3 Å². The molecule has 3 rings (SSSR count). The van der Waals surface area contributed by atoms with E-state index < -0.39 is 20.8 Å². The number of hydrogen-bond acceptors (Lipinski definition) is 5. The van der Waals surface area contributed by atoms with Crippen molar-refractivity contribution in [3.05, 3.63) is 57.9 Å². The van der Waals surface area contributed by atoms with Gasteiger partial charge in [0.1, 0.15) is 16.5 Å². The van der Waals surface area contributed by atoms with E-state index in [4.69, 9.17) is 4.74 Å². The summed E-state index contributed by atoms with van der Waals surface area (Å²) in [6, 6.07) is 7.70. The predicted octanol–water partition coefficient (Wildman–Crippen LogP) is 2.88. The van der Waals surface area contributed by atoms with Crippen LogP contribution < -0.4 is 9.04 Å². The van der Waals surface area contributed by atoms with Crippen molar-refractivity contribution in [2.24, 2.45) is 0 Å². The highest BCUT2D eigenvalue weighted by molar-refractivity contribution is 7.93. The number of ether oxygens (including phenoxy) is 1. The van der Waals surface area contributed by atoms with Crippen LogP contribution in [0.25, 0.3) is 0 Å². The first-order valence-electron chi connectivity index (χ1n) is 7.49. The van der Waals surface area contributed by atoms with Crippen molar-refractivity contribution in [3.63, 3.8) is 0 Å². The molecule has 0 unspecified atom stereocenters. The second-order valence-electron chi connectivity index (χ2n) is 5.52. The van der Waals surface area contributed by atoms with Crippen LogP contribution in [-0.4, -0.2) is 27.0 Å². The van der Waals surface area contributed by atoms with Crippen molar-refractivity contribution >= 4 is 21.4 Å². The second kappa shape index (κ2) is 6.32. The number of nitrogens with zero attached hydrogens (tertiary/aromatic N) is 2. The molecule has 2 aromatic rings. The maximum absolute atomic E-state index is 14.3. The van der Waals surface area contributed by atoms with E-state index in [-0.39, 0.29) is 28.6 Å². The van der Waals surface area contributed by atoms with Crippen LogP contribution in [0.4, 0.5) is 15.8 Å². The Hall–Kier alpha value is -2.68. The molecule has 0 aromatic heterocycles. The lowest BCUT2D eigenvalue weighted by molar-refractivity contribution is -0.385. The Morgan fingerprint density at radius 1 is 1.28 bits per heavy atom. The number of fused-ring (bicyclic) bond motifs is 1. The lowest BCUT2D eigenvalue weighted by Gasteiger charge is -2.31. The fraction of sp³-hybridized carbons (Fsp3) is 0.250. The SMILES string of the molecule is COc1ccc([N+](=O)[O-])cc1S(=O)(=O)N1CCCc2cccc(F)c21. The highest BCUT2D eigenvalue weighted by Crippen LogP contribution is 2.37. The number of nitro groups is 1. The van der Waals surface area contributed by atoms with Crippen LogP contribution in [0, 0.1) is 15.9 Å². The molecule has 0 spiro atoms. The first-order valence-corrected chi connectivity index (χ1v) is 8.93. The standard InChI is InChI=1S/C16H15FN2O5S/c1-24-14-8-7-12(19(20)21)10-15(14)25(22,23)18-9-3-5-11-4-2-6-13(17)16(11)18/h2,4,6-8,10H,3,5,9H2,1H3. The highest BCUT2D eigenvalue weighted by Gasteiger charge is 2.34. The van der Waals surface area contributed by atoms with Crippen LogP contribution >= 0.6 is 0 Å². The van der Waals surface area contributed by atoms with E-state index in [9.17, 15) is 22.9 Å². The molecule has 1 heterocycles. The molecule has 0 aliphatic carbocycles. The average Bonchev–Trinajstić information content (AvgIpc) is 2.60. The number of hydrogen-bond donors (Lipinski definition) is 0. The molecule has 0 saturated carbocycles. The Labute approximate surface area is 143 Å². The second-order valence-corrected chi connectivity index (χ2v) is 7.35. The number of rotatable bonds is 4. The van der Waals surface area contributed by atoms with Crippen LogP contribution in [0.15, 0.2) is 41.3 Å². The van der Waals surface area contributed by atoms with Gasteiger partial charge in [0, 0.05) is 18.7 Å². The average molecular weight is 366 g/mol. The van der Waals surface area contributed by atoms with Gasteiger partial charge in [-0.1, -0.05) is 12.1 Å². The zero-order valence-corrected chi connectivity index (χ0v) is 14.1. The number of aryl methyl sites for hydroxylation is 1. The number of methoxy groups -OCH3 is 1. The largest absolute Gasteiger partial charge is 0.495 e. The van der Waals surface area contributed by atoms with Crippen molar-refractivity contribution in [2.75, 3.05) is 18.0 Å². The van der Waals surface area contributed by atoms with Gasteiger partial charge in [0.2, 0.25) is 0 Å². The minimum atomic E-state index is -4.23. The molecular formula is C16H15FN2O5S. The fourth-order valence-electron chi connectivity index (χ4n) is 2.91. The molecule has 1 aliphatic heterocycles. The Bertz CT molecular complexity index is 946. The molecule has 0 bridgehead atoms.